The number of nitrogens with zero attached hydrogens (tertiary/aromatic N) is 2. The van der Waals surface area contributed by atoms with Gasteiger partial charge in [0.15, 0.2) is 5.65 Å². The minimum Gasteiger partial charge on any atom is -0.305 e. The number of rotatable bonds is 1. The highest BCUT2D eigenvalue weighted by Crippen LogP contribution is 2.26. The second kappa shape index (κ2) is 3.86. The lowest BCUT2D eigenvalue weighted by Gasteiger charge is -2.05. The van der Waals surface area contributed by atoms with Crippen LogP contribution >= 0.6 is 11.6 Å². The summed E-state index contributed by atoms with van der Waals surface area (Å²) < 4.78 is 15.4. The summed E-state index contributed by atoms with van der Waals surface area (Å²) in [5, 5.41) is 0.490. The molecule has 1 radical (unpaired) electrons. The zero-order valence-corrected chi connectivity index (χ0v) is 9.45. The number of aromatic nitrogens is 2. The summed E-state index contributed by atoms with van der Waals surface area (Å²) in [6.07, 6.45) is 5.20. The topological polar surface area (TPSA) is 17.3 Å². The van der Waals surface area contributed by atoms with Crippen LogP contribution in [0.15, 0.2) is 42.9 Å². The number of halogens is 2. The highest BCUT2D eigenvalue weighted by Gasteiger charge is 2.08. The van der Waals surface area contributed by atoms with Crippen LogP contribution in [-0.4, -0.2) is 9.38 Å². The van der Waals surface area contributed by atoms with Crippen LogP contribution in [-0.2, 0) is 0 Å². The lowest BCUT2D eigenvalue weighted by atomic mass is 10.1. The van der Waals surface area contributed by atoms with Gasteiger partial charge in [0.1, 0.15) is 5.82 Å². The van der Waals surface area contributed by atoms with E-state index in [4.69, 9.17) is 11.6 Å². The number of hydrogen-bond acceptors (Lipinski definition) is 1. The van der Waals surface area contributed by atoms with E-state index in [1.54, 1.807) is 41.2 Å². The van der Waals surface area contributed by atoms with Gasteiger partial charge in [-0.1, -0.05) is 23.7 Å². The maximum atomic E-state index is 13.6. The van der Waals surface area contributed by atoms with Crippen molar-refractivity contribution in [1.82, 2.24) is 9.38 Å². The van der Waals surface area contributed by atoms with Crippen LogP contribution in [0.5, 0.6) is 0 Å². The van der Waals surface area contributed by atoms with Crippen molar-refractivity contribution >= 4 is 17.2 Å². The summed E-state index contributed by atoms with van der Waals surface area (Å²) in [7, 11) is 0. The molecule has 3 aromatic rings. The van der Waals surface area contributed by atoms with Crippen LogP contribution in [0.3, 0.4) is 0 Å². The Kier molecular flexibility index (Phi) is 2.34. The summed E-state index contributed by atoms with van der Waals surface area (Å²) in [6.45, 7) is 0. The van der Waals surface area contributed by atoms with Gasteiger partial charge in [-0.2, -0.15) is 0 Å². The Hall–Kier alpha value is -1.87. The fourth-order valence-corrected chi connectivity index (χ4v) is 2.03. The second-order valence-electron chi connectivity index (χ2n) is 3.63. The molecule has 0 N–H and O–H groups in total. The summed E-state index contributed by atoms with van der Waals surface area (Å²) in [5.74, 6) is -0.317. The molecular formula is C13H7ClFN2. The molecular weight excluding hydrogens is 239 g/mol. The molecule has 2 heterocycles. The number of imidazole rings is 1. The third kappa shape index (κ3) is 1.68. The summed E-state index contributed by atoms with van der Waals surface area (Å²) in [4.78, 5) is 4.10. The molecule has 0 unspecified atom stereocenters. The number of fused-ring (bicyclic) bond motifs is 1. The van der Waals surface area contributed by atoms with Crippen molar-refractivity contribution < 1.29 is 4.39 Å². The maximum Gasteiger partial charge on any atom is 0.155 e. The van der Waals surface area contributed by atoms with Gasteiger partial charge in [-0.15, -0.1) is 0 Å². The van der Waals surface area contributed by atoms with Crippen LogP contribution in [0.2, 0.25) is 5.02 Å². The van der Waals surface area contributed by atoms with E-state index in [1.165, 1.54) is 6.07 Å². The maximum absolute atomic E-state index is 13.6. The molecule has 0 fully saturated rings. The van der Waals surface area contributed by atoms with E-state index in [2.05, 4.69) is 11.1 Å². The smallest absolute Gasteiger partial charge is 0.155 e. The number of hydrogen-bond donors (Lipinski definition) is 0. The van der Waals surface area contributed by atoms with Gasteiger partial charge < -0.3 is 4.40 Å². The largest absolute Gasteiger partial charge is 0.305 e. The molecule has 2 nitrogen and oxygen atoms in total. The predicted octanol–water partition coefficient (Wildman–Crippen LogP) is 3.59. The molecule has 0 saturated carbocycles. The molecule has 3 rings (SSSR count). The first-order valence-electron chi connectivity index (χ1n) is 5.04. The molecule has 2 aromatic heterocycles. The number of benzene rings is 1. The quantitative estimate of drug-likeness (QED) is 0.640. The van der Waals surface area contributed by atoms with Gasteiger partial charge in [0.2, 0.25) is 0 Å². The Labute approximate surface area is 102 Å². The lowest BCUT2D eigenvalue weighted by Crippen LogP contribution is -1.90. The predicted molar refractivity (Wildman–Crippen MR) is 64.4 cm³/mol. The minimum atomic E-state index is -0.317. The Morgan fingerprint density at radius 3 is 3.12 bits per heavy atom. The summed E-state index contributed by atoms with van der Waals surface area (Å²) in [5.41, 5.74) is 1.75. The minimum absolute atomic E-state index is 0.317. The molecule has 17 heavy (non-hydrogen) atoms. The van der Waals surface area contributed by atoms with Gasteiger partial charge in [-0.3, -0.25) is 0 Å². The molecule has 0 aliphatic carbocycles. The summed E-state index contributed by atoms with van der Waals surface area (Å²) in [6, 6.07) is 9.24. The molecule has 1 aromatic carbocycles. The van der Waals surface area contributed by atoms with Gasteiger partial charge in [0.25, 0.3) is 0 Å². The van der Waals surface area contributed by atoms with Gasteiger partial charge in [-0.05, 0) is 18.2 Å². The van der Waals surface area contributed by atoms with Crippen LogP contribution in [0.1, 0.15) is 0 Å². The molecule has 0 aliphatic heterocycles. The Bertz CT molecular complexity index is 691. The van der Waals surface area contributed by atoms with E-state index in [9.17, 15) is 4.39 Å². The molecule has 0 aliphatic rings. The molecule has 83 valence electrons. The van der Waals surface area contributed by atoms with Gasteiger partial charge in [-0.25, -0.2) is 9.37 Å². The van der Waals surface area contributed by atoms with E-state index < -0.39 is 0 Å². The molecule has 0 bridgehead atoms. The standard InChI is InChI=1S/C13H7ClFN2/c14-11-7-9(8-17-6-5-16-13(11)17)10-3-1-2-4-12(10)15/h1-2,4-8H. The first kappa shape index (κ1) is 10.3. The Morgan fingerprint density at radius 2 is 2.29 bits per heavy atom. The molecule has 4 heteroatoms. The van der Waals surface area contributed by atoms with Crippen LogP contribution in [0.25, 0.3) is 16.8 Å². The van der Waals surface area contributed by atoms with Gasteiger partial charge >= 0.3 is 0 Å². The highest BCUT2D eigenvalue weighted by molar-refractivity contribution is 6.33. The van der Waals surface area contributed by atoms with E-state index in [0.29, 0.717) is 21.8 Å². The number of pyridine rings is 1. The lowest BCUT2D eigenvalue weighted by molar-refractivity contribution is 0.631. The molecule has 0 saturated heterocycles. The third-order valence-electron chi connectivity index (χ3n) is 2.54. The molecule has 0 atom stereocenters. The van der Waals surface area contributed by atoms with Gasteiger partial charge in [0.05, 0.1) is 5.02 Å². The van der Waals surface area contributed by atoms with Crippen molar-refractivity contribution in [2.45, 2.75) is 0 Å². The van der Waals surface area contributed by atoms with Crippen molar-refractivity contribution in [2.24, 2.45) is 0 Å². The van der Waals surface area contributed by atoms with Gasteiger partial charge in [0, 0.05) is 29.7 Å². The van der Waals surface area contributed by atoms with Crippen LogP contribution < -0.4 is 0 Å². The van der Waals surface area contributed by atoms with Crippen molar-refractivity contribution in [3.05, 3.63) is 59.8 Å². The zero-order chi connectivity index (χ0) is 11.8. The third-order valence-corrected chi connectivity index (χ3v) is 2.81. The van der Waals surface area contributed by atoms with Crippen molar-refractivity contribution in [1.29, 1.82) is 0 Å². The average molecular weight is 246 g/mol. The Morgan fingerprint density at radius 1 is 1.41 bits per heavy atom. The van der Waals surface area contributed by atoms with E-state index >= 15 is 0 Å². The monoisotopic (exact) mass is 245 g/mol. The van der Waals surface area contributed by atoms with Crippen LogP contribution in [0.4, 0.5) is 4.39 Å². The van der Waals surface area contributed by atoms with Crippen molar-refractivity contribution in [3.8, 4) is 11.1 Å². The van der Waals surface area contributed by atoms with Crippen LogP contribution in [0, 0.1) is 11.9 Å². The Balaban J connectivity index is 2.28. The molecule has 0 amide bonds. The molecule has 0 spiro atoms. The van der Waals surface area contributed by atoms with E-state index in [1.807, 2.05) is 0 Å². The highest BCUT2D eigenvalue weighted by atomic mass is 35.5. The SMILES string of the molecule is Fc1ccc[c]c1-c1cc(Cl)c2nccn2c1. The van der Waals surface area contributed by atoms with E-state index in [-0.39, 0.29) is 5.82 Å². The first-order chi connectivity index (χ1) is 8.25. The fourth-order valence-electron chi connectivity index (χ4n) is 1.76. The fraction of sp³-hybridized carbons (Fsp3) is 0. The first-order valence-corrected chi connectivity index (χ1v) is 5.42. The second-order valence-corrected chi connectivity index (χ2v) is 4.04. The average Bonchev–Trinajstić information content (AvgIpc) is 2.78. The van der Waals surface area contributed by atoms with Crippen molar-refractivity contribution in [2.75, 3.05) is 0 Å². The summed E-state index contributed by atoms with van der Waals surface area (Å²) >= 11 is 6.09. The van der Waals surface area contributed by atoms with Crippen molar-refractivity contribution in [3.63, 3.8) is 0 Å². The van der Waals surface area contributed by atoms with E-state index in [0.717, 1.165) is 0 Å². The zero-order valence-electron chi connectivity index (χ0n) is 8.69. The normalized spacial score (nSPS) is 10.9.